The monoisotopic (exact) mass is 248 g/mol. The van der Waals surface area contributed by atoms with Crippen LogP contribution in [0.3, 0.4) is 0 Å². The maximum atomic E-state index is 11.6. The first-order chi connectivity index (χ1) is 8.54. The molecule has 0 aliphatic heterocycles. The second kappa shape index (κ2) is 6.20. The van der Waals surface area contributed by atoms with Crippen LogP contribution in [-0.4, -0.2) is 29.4 Å². The van der Waals surface area contributed by atoms with Crippen molar-refractivity contribution in [2.45, 2.75) is 6.42 Å². The molecule has 7 heteroatoms. The molecule has 0 fully saturated rings. The number of nitrogens with one attached hydrogen (secondary N) is 1. The second-order valence-electron chi connectivity index (χ2n) is 3.56. The number of hydrogen-bond donors (Lipinski definition) is 1. The number of urea groups is 1. The number of nitro benzene ring substituents is 1. The summed E-state index contributed by atoms with van der Waals surface area (Å²) in [5.41, 5.74) is 0.431. The lowest BCUT2D eigenvalue weighted by molar-refractivity contribution is -0.384. The SMILES string of the molecule is CN(CCC#N)C(=O)Nc1ccc([N+](=O)[O-])cc1. The zero-order chi connectivity index (χ0) is 13.5. The number of carbonyl (C=O) groups is 1. The van der Waals surface area contributed by atoms with Gasteiger partial charge < -0.3 is 10.2 Å². The van der Waals surface area contributed by atoms with Crippen molar-refractivity contribution in [3.8, 4) is 6.07 Å². The number of carbonyl (C=O) groups excluding carboxylic acids is 1. The first-order valence-electron chi connectivity index (χ1n) is 5.18. The van der Waals surface area contributed by atoms with Gasteiger partial charge in [0.15, 0.2) is 0 Å². The molecule has 18 heavy (non-hydrogen) atoms. The molecule has 1 N–H and O–H groups in total. The van der Waals surface area contributed by atoms with Crippen molar-refractivity contribution in [3.63, 3.8) is 0 Å². The molecule has 1 rings (SSSR count). The molecule has 0 spiro atoms. The number of nitriles is 1. The molecule has 2 amide bonds. The third-order valence-corrected chi connectivity index (χ3v) is 2.24. The Morgan fingerprint density at radius 2 is 2.11 bits per heavy atom. The Morgan fingerprint density at radius 1 is 1.50 bits per heavy atom. The van der Waals surface area contributed by atoms with E-state index in [0.29, 0.717) is 12.2 Å². The van der Waals surface area contributed by atoms with Gasteiger partial charge in [-0.15, -0.1) is 0 Å². The van der Waals surface area contributed by atoms with E-state index in [9.17, 15) is 14.9 Å². The summed E-state index contributed by atoms with van der Waals surface area (Å²) in [5, 5.41) is 21.4. The van der Waals surface area contributed by atoms with E-state index in [1.807, 2.05) is 6.07 Å². The van der Waals surface area contributed by atoms with E-state index < -0.39 is 4.92 Å². The summed E-state index contributed by atoms with van der Waals surface area (Å²) in [6.07, 6.45) is 0.254. The van der Waals surface area contributed by atoms with Crippen LogP contribution >= 0.6 is 0 Å². The van der Waals surface area contributed by atoms with Gasteiger partial charge in [0.1, 0.15) is 0 Å². The minimum Gasteiger partial charge on any atom is -0.327 e. The zero-order valence-corrected chi connectivity index (χ0v) is 9.79. The lowest BCUT2D eigenvalue weighted by atomic mass is 10.3. The Morgan fingerprint density at radius 3 is 2.61 bits per heavy atom. The largest absolute Gasteiger partial charge is 0.327 e. The highest BCUT2D eigenvalue weighted by Gasteiger charge is 2.09. The summed E-state index contributed by atoms with van der Waals surface area (Å²) in [5.74, 6) is 0. The standard InChI is InChI=1S/C11H12N4O3/c1-14(8-2-7-12)11(16)13-9-3-5-10(6-4-9)15(17)18/h3-6H,2,8H2,1H3,(H,13,16). The first kappa shape index (κ1) is 13.4. The van der Waals surface area contributed by atoms with Crippen molar-refractivity contribution < 1.29 is 9.72 Å². The number of rotatable bonds is 4. The lowest BCUT2D eigenvalue weighted by Gasteiger charge is -2.16. The third-order valence-electron chi connectivity index (χ3n) is 2.24. The summed E-state index contributed by atoms with van der Waals surface area (Å²) in [6, 6.07) is 7.10. The number of nitro groups is 1. The van der Waals surface area contributed by atoms with Crippen LogP contribution in [0.4, 0.5) is 16.2 Å². The minimum absolute atomic E-state index is 0.0363. The van der Waals surface area contributed by atoms with Crippen molar-refractivity contribution in [1.82, 2.24) is 4.90 Å². The molecular weight excluding hydrogens is 236 g/mol. The van der Waals surface area contributed by atoms with Gasteiger partial charge in [-0.2, -0.15) is 5.26 Å². The van der Waals surface area contributed by atoms with Crippen molar-refractivity contribution in [2.24, 2.45) is 0 Å². The Hall–Kier alpha value is -2.62. The predicted octanol–water partition coefficient (Wildman–Crippen LogP) is 1.97. The number of amides is 2. The van der Waals surface area contributed by atoms with Gasteiger partial charge >= 0.3 is 6.03 Å². The third kappa shape index (κ3) is 3.75. The van der Waals surface area contributed by atoms with Gasteiger partial charge in [0.2, 0.25) is 0 Å². The van der Waals surface area contributed by atoms with Crippen LogP contribution in [-0.2, 0) is 0 Å². The van der Waals surface area contributed by atoms with Crippen molar-refractivity contribution in [2.75, 3.05) is 18.9 Å². The first-order valence-corrected chi connectivity index (χ1v) is 5.18. The fraction of sp³-hybridized carbons (Fsp3) is 0.273. The second-order valence-corrected chi connectivity index (χ2v) is 3.56. The quantitative estimate of drug-likeness (QED) is 0.650. The molecule has 94 valence electrons. The zero-order valence-electron chi connectivity index (χ0n) is 9.79. The van der Waals surface area contributed by atoms with Gasteiger partial charge in [-0.25, -0.2) is 4.79 Å². The molecule has 7 nitrogen and oxygen atoms in total. The molecule has 0 aromatic heterocycles. The Kier molecular flexibility index (Phi) is 4.63. The molecule has 0 heterocycles. The Labute approximate surface area is 104 Å². The molecule has 0 radical (unpaired) electrons. The van der Waals surface area contributed by atoms with Crippen molar-refractivity contribution >= 4 is 17.4 Å². The number of non-ortho nitro benzene ring substituents is 1. The fourth-order valence-corrected chi connectivity index (χ4v) is 1.20. The molecule has 0 bridgehead atoms. The maximum absolute atomic E-state index is 11.6. The van der Waals surface area contributed by atoms with E-state index in [1.165, 1.54) is 29.2 Å². The minimum atomic E-state index is -0.509. The van der Waals surface area contributed by atoms with Gasteiger partial charge in [-0.05, 0) is 12.1 Å². The van der Waals surface area contributed by atoms with E-state index in [-0.39, 0.29) is 18.1 Å². The van der Waals surface area contributed by atoms with Gasteiger partial charge in [0.25, 0.3) is 5.69 Å². The van der Waals surface area contributed by atoms with E-state index in [0.717, 1.165) is 0 Å². The van der Waals surface area contributed by atoms with Crippen molar-refractivity contribution in [3.05, 3.63) is 34.4 Å². The topological polar surface area (TPSA) is 99.3 Å². The number of anilines is 1. The van der Waals surface area contributed by atoms with Gasteiger partial charge in [0.05, 0.1) is 17.4 Å². The van der Waals surface area contributed by atoms with Gasteiger partial charge in [-0.3, -0.25) is 10.1 Å². The summed E-state index contributed by atoms with van der Waals surface area (Å²) >= 11 is 0. The number of benzene rings is 1. The smallest absolute Gasteiger partial charge is 0.321 e. The van der Waals surface area contributed by atoms with Crippen molar-refractivity contribution in [1.29, 1.82) is 5.26 Å². The normalized spacial score (nSPS) is 9.33. The molecule has 0 atom stereocenters. The summed E-state index contributed by atoms with van der Waals surface area (Å²) in [4.78, 5) is 22.9. The predicted molar refractivity (Wildman–Crippen MR) is 65.0 cm³/mol. The summed E-state index contributed by atoms with van der Waals surface area (Å²) < 4.78 is 0. The van der Waals surface area contributed by atoms with Crippen LogP contribution in [0, 0.1) is 21.4 Å². The van der Waals surface area contributed by atoms with Crippen LogP contribution in [0.2, 0.25) is 0 Å². The fourth-order valence-electron chi connectivity index (χ4n) is 1.20. The molecule has 0 saturated carbocycles. The molecule has 1 aromatic rings. The van der Waals surface area contributed by atoms with Crippen LogP contribution in [0.5, 0.6) is 0 Å². The average Bonchev–Trinajstić information content (AvgIpc) is 2.36. The molecule has 0 saturated heterocycles. The highest BCUT2D eigenvalue weighted by atomic mass is 16.6. The van der Waals surface area contributed by atoms with E-state index in [1.54, 1.807) is 7.05 Å². The average molecular weight is 248 g/mol. The van der Waals surface area contributed by atoms with Gasteiger partial charge in [0, 0.05) is 31.4 Å². The summed E-state index contributed by atoms with van der Waals surface area (Å²) in [7, 11) is 1.57. The highest BCUT2D eigenvalue weighted by molar-refractivity contribution is 5.89. The lowest BCUT2D eigenvalue weighted by Crippen LogP contribution is -2.31. The summed E-state index contributed by atoms with van der Waals surface area (Å²) in [6.45, 7) is 0.329. The Balaban J connectivity index is 2.59. The molecule has 0 unspecified atom stereocenters. The molecule has 1 aromatic carbocycles. The maximum Gasteiger partial charge on any atom is 0.321 e. The molecular formula is C11H12N4O3. The highest BCUT2D eigenvalue weighted by Crippen LogP contribution is 2.15. The van der Waals surface area contributed by atoms with Crippen LogP contribution in [0.1, 0.15) is 6.42 Å². The van der Waals surface area contributed by atoms with E-state index >= 15 is 0 Å². The molecule has 0 aliphatic carbocycles. The van der Waals surface area contributed by atoms with E-state index in [2.05, 4.69) is 5.32 Å². The van der Waals surface area contributed by atoms with Crippen LogP contribution < -0.4 is 5.32 Å². The van der Waals surface area contributed by atoms with E-state index in [4.69, 9.17) is 5.26 Å². The Bertz CT molecular complexity index is 478. The number of hydrogen-bond acceptors (Lipinski definition) is 4. The van der Waals surface area contributed by atoms with Crippen LogP contribution in [0.15, 0.2) is 24.3 Å². The van der Waals surface area contributed by atoms with Gasteiger partial charge in [-0.1, -0.05) is 0 Å². The molecule has 0 aliphatic rings. The van der Waals surface area contributed by atoms with Crippen LogP contribution in [0.25, 0.3) is 0 Å². The number of nitrogens with zero attached hydrogens (tertiary/aromatic N) is 3.